The highest BCUT2D eigenvalue weighted by molar-refractivity contribution is 8.24. The maximum atomic E-state index is 12.4. The summed E-state index contributed by atoms with van der Waals surface area (Å²) in [7, 11) is 3.19. The summed E-state index contributed by atoms with van der Waals surface area (Å²) in [5.41, 5.74) is 7.31. The number of rotatable bonds is 11. The van der Waals surface area contributed by atoms with E-state index >= 15 is 0 Å². The molecule has 0 atom stereocenters. The molecular weight excluding hydrogens is 657 g/mol. The van der Waals surface area contributed by atoms with Crippen LogP contribution in [0.15, 0.2) is 84.9 Å². The van der Waals surface area contributed by atoms with E-state index in [0.29, 0.717) is 20.0 Å². The molecule has 0 aliphatic rings. The first-order valence-corrected chi connectivity index (χ1v) is 16.9. The number of hydrogen-bond acceptors (Lipinski definition) is 8. The molecule has 0 fully saturated rings. The van der Waals surface area contributed by atoms with Crippen LogP contribution in [0.3, 0.4) is 0 Å². The highest BCUT2D eigenvalue weighted by Crippen LogP contribution is 2.29. The number of carbonyl (C=O) groups is 2. The van der Waals surface area contributed by atoms with Crippen LogP contribution in [0.1, 0.15) is 11.1 Å². The van der Waals surface area contributed by atoms with E-state index in [1.165, 1.54) is 23.5 Å². The highest BCUT2D eigenvalue weighted by Gasteiger charge is 2.11. The molecule has 12 heteroatoms. The van der Waals surface area contributed by atoms with Crippen molar-refractivity contribution in [2.45, 2.75) is 13.8 Å². The molecule has 8 nitrogen and oxygen atoms in total. The molecule has 0 saturated heterocycles. The van der Waals surface area contributed by atoms with Crippen molar-refractivity contribution in [3.05, 3.63) is 96.1 Å². The number of anilines is 4. The zero-order chi connectivity index (χ0) is 33.1. The summed E-state index contributed by atoms with van der Waals surface area (Å²) >= 11 is 13.5. The number of thioether (sulfide) groups is 2. The van der Waals surface area contributed by atoms with Gasteiger partial charge < -0.3 is 30.7 Å². The molecule has 4 N–H and O–H groups in total. The van der Waals surface area contributed by atoms with Gasteiger partial charge in [-0.2, -0.15) is 0 Å². The number of benzene rings is 4. The Labute approximate surface area is 288 Å². The topological polar surface area (TPSA) is 101 Å². The molecule has 4 rings (SSSR count). The third-order valence-corrected chi connectivity index (χ3v) is 9.13. The number of ether oxygens (including phenoxy) is 2. The second kappa shape index (κ2) is 17.0. The maximum Gasteiger partial charge on any atom is 0.234 e. The van der Waals surface area contributed by atoms with Gasteiger partial charge in [-0.15, -0.1) is 0 Å². The molecule has 0 unspecified atom stereocenters. The van der Waals surface area contributed by atoms with Crippen molar-refractivity contribution < 1.29 is 19.1 Å². The summed E-state index contributed by atoms with van der Waals surface area (Å²) in [6, 6.07) is 26.5. The Balaban J connectivity index is 1.25. The van der Waals surface area contributed by atoms with Crippen LogP contribution in [0, 0.1) is 13.8 Å². The number of carbonyl (C=O) groups excluding carboxylic acids is 2. The van der Waals surface area contributed by atoms with Gasteiger partial charge in [-0.25, -0.2) is 0 Å². The summed E-state index contributed by atoms with van der Waals surface area (Å²) < 4.78 is 11.3. The van der Waals surface area contributed by atoms with Crippen molar-refractivity contribution in [3.8, 4) is 22.6 Å². The lowest BCUT2D eigenvalue weighted by Gasteiger charge is -2.14. The largest absolute Gasteiger partial charge is 0.497 e. The number of hydrogen-bond donors (Lipinski definition) is 4. The van der Waals surface area contributed by atoms with Gasteiger partial charge in [-0.3, -0.25) is 9.59 Å². The standard InChI is InChI=1S/C34H34N4O4S4/c1-21-17-23(5-15-29(21)37-33(43)45-19-31(39)35-25-7-11-27(41-3)12-8-25)24-6-16-30(22(2)18-24)38-34(44)46-20-32(40)36-26-9-13-28(42-4)14-10-26/h5-18H,19-20H2,1-4H3,(H,35,39)(H,36,40)(H,37,43)(H,38,44). The van der Waals surface area contributed by atoms with Gasteiger partial charge in [0.1, 0.15) is 20.1 Å². The van der Waals surface area contributed by atoms with Gasteiger partial charge in [0.2, 0.25) is 11.8 Å². The van der Waals surface area contributed by atoms with Crippen LogP contribution < -0.4 is 30.7 Å². The van der Waals surface area contributed by atoms with Crippen LogP contribution in [0.25, 0.3) is 11.1 Å². The summed E-state index contributed by atoms with van der Waals surface area (Å²) in [4.78, 5) is 24.7. The van der Waals surface area contributed by atoms with Crippen molar-refractivity contribution >= 4 is 91.2 Å². The van der Waals surface area contributed by atoms with Gasteiger partial charge in [0.15, 0.2) is 0 Å². The molecule has 0 aliphatic heterocycles. The molecule has 0 radical (unpaired) electrons. The van der Waals surface area contributed by atoms with Crippen molar-refractivity contribution in [3.63, 3.8) is 0 Å². The lowest BCUT2D eigenvalue weighted by atomic mass is 10.00. The van der Waals surface area contributed by atoms with Gasteiger partial charge in [0, 0.05) is 22.7 Å². The number of aryl methyl sites for hydroxylation is 2. The Morgan fingerprint density at radius 1 is 0.587 bits per heavy atom. The van der Waals surface area contributed by atoms with Crippen LogP contribution in [0.4, 0.5) is 22.7 Å². The first-order chi connectivity index (χ1) is 22.1. The van der Waals surface area contributed by atoms with Gasteiger partial charge in [0.25, 0.3) is 0 Å². The first kappa shape index (κ1) is 34.8. The Morgan fingerprint density at radius 2 is 0.957 bits per heavy atom. The predicted molar refractivity (Wildman–Crippen MR) is 202 cm³/mol. The maximum absolute atomic E-state index is 12.4. The van der Waals surface area contributed by atoms with E-state index in [4.69, 9.17) is 33.9 Å². The van der Waals surface area contributed by atoms with Crippen molar-refractivity contribution in [2.75, 3.05) is 47.0 Å². The average molecular weight is 691 g/mol. The van der Waals surface area contributed by atoms with Crippen LogP contribution >= 0.6 is 48.0 Å². The van der Waals surface area contributed by atoms with E-state index in [2.05, 4.69) is 33.4 Å². The zero-order valence-corrected chi connectivity index (χ0v) is 29.0. The van der Waals surface area contributed by atoms with E-state index in [1.807, 2.05) is 38.1 Å². The zero-order valence-electron chi connectivity index (χ0n) is 25.8. The van der Waals surface area contributed by atoms with Crippen molar-refractivity contribution in [1.82, 2.24) is 0 Å². The van der Waals surface area contributed by atoms with Crippen molar-refractivity contribution in [1.29, 1.82) is 0 Å². The fourth-order valence-corrected chi connectivity index (χ4v) is 5.87. The summed E-state index contributed by atoms with van der Waals surface area (Å²) in [6.07, 6.45) is 0. The minimum Gasteiger partial charge on any atom is -0.497 e. The molecule has 4 aromatic carbocycles. The number of thiocarbonyl (C=S) groups is 2. The Hall–Kier alpha value is -4.10. The molecule has 0 spiro atoms. The normalized spacial score (nSPS) is 10.4. The molecule has 0 saturated carbocycles. The van der Waals surface area contributed by atoms with Crippen LogP contribution in [-0.2, 0) is 9.59 Å². The minimum atomic E-state index is -0.144. The summed E-state index contributed by atoms with van der Waals surface area (Å²) in [5.74, 6) is 1.54. The Morgan fingerprint density at radius 3 is 1.28 bits per heavy atom. The van der Waals surface area contributed by atoms with Gasteiger partial charge in [-0.1, -0.05) is 60.1 Å². The minimum absolute atomic E-state index is 0.144. The lowest BCUT2D eigenvalue weighted by Crippen LogP contribution is -2.17. The Bertz CT molecular complexity index is 1590. The van der Waals surface area contributed by atoms with Gasteiger partial charge in [-0.05, 0) is 109 Å². The van der Waals surface area contributed by atoms with E-state index < -0.39 is 0 Å². The smallest absolute Gasteiger partial charge is 0.234 e. The molecule has 46 heavy (non-hydrogen) atoms. The second-order valence-corrected chi connectivity index (χ2v) is 13.3. The molecule has 0 heterocycles. The summed E-state index contributed by atoms with van der Waals surface area (Å²) in [5, 5.41) is 12.2. The molecule has 0 aromatic heterocycles. The quantitative estimate of drug-likeness (QED) is 0.116. The number of amides is 2. The number of nitrogens with one attached hydrogen (secondary N) is 4. The third-order valence-electron chi connectivity index (χ3n) is 6.68. The molecule has 238 valence electrons. The highest BCUT2D eigenvalue weighted by atomic mass is 32.2. The molecule has 0 bridgehead atoms. The van der Waals surface area contributed by atoms with Crippen LogP contribution in [-0.4, -0.2) is 46.2 Å². The van der Waals surface area contributed by atoms with Gasteiger partial charge >= 0.3 is 0 Å². The SMILES string of the molecule is COc1ccc(NC(=O)CSC(=S)Nc2ccc(-c3ccc(NC(=S)SCC(=O)Nc4ccc(OC)cc4)c(C)c3)cc2C)cc1. The molecule has 4 aromatic rings. The second-order valence-electron chi connectivity index (χ2n) is 10.0. The average Bonchev–Trinajstić information content (AvgIpc) is 3.05. The van der Waals surface area contributed by atoms with E-state index in [9.17, 15) is 9.59 Å². The number of methoxy groups -OCH3 is 2. The lowest BCUT2D eigenvalue weighted by molar-refractivity contribution is -0.114. The van der Waals surface area contributed by atoms with Gasteiger partial charge in [0.05, 0.1) is 25.7 Å². The van der Waals surface area contributed by atoms with Crippen LogP contribution in [0.5, 0.6) is 11.5 Å². The first-order valence-electron chi connectivity index (χ1n) is 14.1. The molecule has 2 amide bonds. The van der Waals surface area contributed by atoms with Crippen molar-refractivity contribution in [2.24, 2.45) is 0 Å². The Kier molecular flexibility index (Phi) is 12.8. The predicted octanol–water partition coefficient (Wildman–Crippen LogP) is 8.13. The molecule has 0 aliphatic carbocycles. The third kappa shape index (κ3) is 10.5. The monoisotopic (exact) mass is 690 g/mol. The van der Waals surface area contributed by atoms with E-state index in [-0.39, 0.29) is 23.3 Å². The van der Waals surface area contributed by atoms with E-state index in [0.717, 1.165) is 45.1 Å². The fourth-order valence-electron chi connectivity index (χ4n) is 4.26. The summed E-state index contributed by atoms with van der Waals surface area (Å²) in [6.45, 7) is 4.03. The van der Waals surface area contributed by atoms with E-state index in [1.54, 1.807) is 62.8 Å². The molecular formula is C34H34N4O4S4. The fraction of sp³-hybridized carbons (Fsp3) is 0.176. The van der Waals surface area contributed by atoms with Crippen LogP contribution in [0.2, 0.25) is 0 Å².